The largest absolute Gasteiger partial charge is 0.468 e. The lowest BCUT2D eigenvalue weighted by molar-refractivity contribution is -0.164. The predicted octanol–water partition coefficient (Wildman–Crippen LogP) is 5.60. The molecule has 0 amide bonds. The molecule has 4 heteroatoms. The molecule has 3 aromatic rings. The van der Waals surface area contributed by atoms with Gasteiger partial charge in [-0.2, -0.15) is 0 Å². The summed E-state index contributed by atoms with van der Waals surface area (Å²) in [6, 6.07) is 28.0. The highest BCUT2D eigenvalue weighted by Crippen LogP contribution is 2.40. The highest BCUT2D eigenvalue weighted by Gasteiger charge is 2.45. The molecule has 1 unspecified atom stereocenters. The summed E-state index contributed by atoms with van der Waals surface area (Å²) in [5.41, 5.74) is 2.84. The Kier molecular flexibility index (Phi) is 7.99. The van der Waals surface area contributed by atoms with Gasteiger partial charge in [0.05, 0.1) is 7.11 Å². The molecule has 3 aromatic carbocycles. The molecule has 0 aliphatic rings. The summed E-state index contributed by atoms with van der Waals surface area (Å²) in [5, 5.41) is 0. The van der Waals surface area contributed by atoms with E-state index in [-0.39, 0.29) is 5.97 Å². The van der Waals surface area contributed by atoms with E-state index in [0.717, 1.165) is 22.3 Å². The molecule has 0 fully saturated rings. The molecule has 0 saturated carbocycles. The summed E-state index contributed by atoms with van der Waals surface area (Å²) >= 11 is 0. The standard InChI is InChI=1S/C27H30O4/c1-4-30-25(31-5-2)20-27(26(28)29-3,23-14-10-7-11-15-23)24-18-16-22(17-19-24)21-12-8-6-9-13-21/h6-19,25H,4-5,20H2,1-3H3. The van der Waals surface area contributed by atoms with E-state index in [0.29, 0.717) is 19.6 Å². The van der Waals surface area contributed by atoms with Gasteiger partial charge >= 0.3 is 5.97 Å². The quantitative estimate of drug-likeness (QED) is 0.317. The maximum atomic E-state index is 13.4. The van der Waals surface area contributed by atoms with Crippen LogP contribution in [-0.4, -0.2) is 32.6 Å². The third-order valence-corrected chi connectivity index (χ3v) is 5.46. The van der Waals surface area contributed by atoms with E-state index in [4.69, 9.17) is 14.2 Å². The Balaban J connectivity index is 2.13. The molecule has 3 rings (SSSR count). The lowest BCUT2D eigenvalue weighted by Crippen LogP contribution is -2.42. The fourth-order valence-corrected chi connectivity index (χ4v) is 3.98. The number of ether oxygens (including phenoxy) is 3. The van der Waals surface area contributed by atoms with Crippen LogP contribution in [0.2, 0.25) is 0 Å². The summed E-state index contributed by atoms with van der Waals surface area (Å²) < 4.78 is 17.0. The number of methoxy groups -OCH3 is 1. The Morgan fingerprint density at radius 1 is 0.742 bits per heavy atom. The molecule has 0 aromatic heterocycles. The van der Waals surface area contributed by atoms with Crippen molar-refractivity contribution in [3.8, 4) is 11.1 Å². The number of benzene rings is 3. The fourth-order valence-electron chi connectivity index (χ4n) is 3.98. The van der Waals surface area contributed by atoms with Crippen LogP contribution in [0.4, 0.5) is 0 Å². The van der Waals surface area contributed by atoms with Crippen molar-refractivity contribution in [3.05, 3.63) is 96.1 Å². The van der Waals surface area contributed by atoms with Gasteiger partial charge in [0.25, 0.3) is 0 Å². The number of carbonyl (C=O) groups excluding carboxylic acids is 1. The lowest BCUT2D eigenvalue weighted by Gasteiger charge is -2.35. The molecule has 0 radical (unpaired) electrons. The zero-order valence-corrected chi connectivity index (χ0v) is 18.4. The number of hydrogen-bond acceptors (Lipinski definition) is 4. The van der Waals surface area contributed by atoms with E-state index in [1.165, 1.54) is 7.11 Å². The van der Waals surface area contributed by atoms with Gasteiger partial charge in [-0.05, 0) is 36.1 Å². The maximum absolute atomic E-state index is 13.4. The molecule has 31 heavy (non-hydrogen) atoms. The van der Waals surface area contributed by atoms with Crippen molar-refractivity contribution in [3.63, 3.8) is 0 Å². The Morgan fingerprint density at radius 3 is 1.74 bits per heavy atom. The molecule has 1 atom stereocenters. The highest BCUT2D eigenvalue weighted by molar-refractivity contribution is 5.88. The van der Waals surface area contributed by atoms with Crippen LogP contribution in [0.5, 0.6) is 0 Å². The van der Waals surface area contributed by atoms with Crippen LogP contribution in [0.3, 0.4) is 0 Å². The van der Waals surface area contributed by atoms with Crippen molar-refractivity contribution < 1.29 is 19.0 Å². The normalized spacial score (nSPS) is 13.0. The first-order chi connectivity index (χ1) is 15.2. The van der Waals surface area contributed by atoms with Gasteiger partial charge in [0, 0.05) is 19.6 Å². The Hall–Kier alpha value is -2.95. The van der Waals surface area contributed by atoms with Crippen molar-refractivity contribution >= 4 is 5.97 Å². The molecule has 0 N–H and O–H groups in total. The average molecular weight is 419 g/mol. The first kappa shape index (κ1) is 22.7. The molecular weight excluding hydrogens is 388 g/mol. The van der Waals surface area contributed by atoms with Gasteiger partial charge in [0.15, 0.2) is 6.29 Å². The zero-order chi connectivity index (χ0) is 22.1. The van der Waals surface area contributed by atoms with Crippen molar-refractivity contribution in [2.24, 2.45) is 0 Å². The minimum Gasteiger partial charge on any atom is -0.468 e. The van der Waals surface area contributed by atoms with Crippen molar-refractivity contribution in [1.82, 2.24) is 0 Å². The van der Waals surface area contributed by atoms with Gasteiger partial charge in [0.1, 0.15) is 5.41 Å². The van der Waals surface area contributed by atoms with E-state index >= 15 is 0 Å². The average Bonchev–Trinajstić information content (AvgIpc) is 2.83. The molecule has 162 valence electrons. The molecule has 0 aliphatic carbocycles. The summed E-state index contributed by atoms with van der Waals surface area (Å²) in [7, 11) is 1.43. The zero-order valence-electron chi connectivity index (χ0n) is 18.4. The van der Waals surface area contributed by atoms with Crippen LogP contribution < -0.4 is 0 Å². The molecule has 0 heterocycles. The first-order valence-electron chi connectivity index (χ1n) is 10.7. The van der Waals surface area contributed by atoms with Gasteiger partial charge < -0.3 is 14.2 Å². The Labute approximate surface area is 184 Å². The van der Waals surface area contributed by atoms with E-state index < -0.39 is 11.7 Å². The first-order valence-corrected chi connectivity index (χ1v) is 10.7. The third kappa shape index (κ3) is 5.04. The van der Waals surface area contributed by atoms with E-state index in [2.05, 4.69) is 12.1 Å². The minimum atomic E-state index is -1.06. The third-order valence-electron chi connectivity index (χ3n) is 5.46. The smallest absolute Gasteiger partial charge is 0.321 e. The highest BCUT2D eigenvalue weighted by atomic mass is 16.7. The second kappa shape index (κ2) is 10.9. The number of carbonyl (C=O) groups is 1. The number of esters is 1. The molecule has 0 saturated heterocycles. The minimum absolute atomic E-state index is 0.316. The van der Waals surface area contributed by atoms with E-state index in [9.17, 15) is 4.79 Å². The SMILES string of the molecule is CCOC(CC(C(=O)OC)(c1ccccc1)c1ccc(-c2ccccc2)cc1)OCC. The monoisotopic (exact) mass is 418 g/mol. The summed E-state index contributed by atoms with van der Waals surface area (Å²) in [5.74, 6) is -0.337. The topological polar surface area (TPSA) is 44.8 Å². The van der Waals surface area contributed by atoms with Crippen molar-refractivity contribution in [2.45, 2.75) is 32.0 Å². The van der Waals surface area contributed by atoms with E-state index in [1.54, 1.807) is 0 Å². The van der Waals surface area contributed by atoms with Gasteiger partial charge in [-0.25, -0.2) is 0 Å². The molecule has 0 spiro atoms. The van der Waals surface area contributed by atoms with Crippen molar-refractivity contribution in [1.29, 1.82) is 0 Å². The van der Waals surface area contributed by atoms with Gasteiger partial charge in [-0.3, -0.25) is 4.79 Å². The number of rotatable bonds is 10. The van der Waals surface area contributed by atoms with Crippen LogP contribution in [0.15, 0.2) is 84.9 Å². The predicted molar refractivity (Wildman–Crippen MR) is 123 cm³/mol. The van der Waals surface area contributed by atoms with Crippen LogP contribution in [0.25, 0.3) is 11.1 Å². The van der Waals surface area contributed by atoms with Crippen LogP contribution in [0, 0.1) is 0 Å². The van der Waals surface area contributed by atoms with Crippen molar-refractivity contribution in [2.75, 3.05) is 20.3 Å². The Morgan fingerprint density at radius 2 is 1.23 bits per heavy atom. The van der Waals surface area contributed by atoms with Gasteiger partial charge in [-0.1, -0.05) is 84.9 Å². The summed E-state index contributed by atoms with van der Waals surface area (Å²) in [6.45, 7) is 4.82. The van der Waals surface area contributed by atoms with Crippen LogP contribution in [0.1, 0.15) is 31.4 Å². The van der Waals surface area contributed by atoms with Gasteiger partial charge in [-0.15, -0.1) is 0 Å². The van der Waals surface area contributed by atoms with E-state index in [1.807, 2.05) is 86.6 Å². The number of hydrogen-bond donors (Lipinski definition) is 0. The van der Waals surface area contributed by atoms with Crippen LogP contribution >= 0.6 is 0 Å². The van der Waals surface area contributed by atoms with Crippen LogP contribution in [-0.2, 0) is 24.4 Å². The fraction of sp³-hybridized carbons (Fsp3) is 0.296. The van der Waals surface area contributed by atoms with Gasteiger partial charge in [0.2, 0.25) is 0 Å². The molecule has 0 aliphatic heterocycles. The second-order valence-corrected chi connectivity index (χ2v) is 7.25. The summed E-state index contributed by atoms with van der Waals surface area (Å²) in [6.07, 6.45) is -0.223. The second-order valence-electron chi connectivity index (χ2n) is 7.25. The molecule has 4 nitrogen and oxygen atoms in total. The lowest BCUT2D eigenvalue weighted by atomic mass is 9.71. The molecular formula is C27H30O4. The summed E-state index contributed by atoms with van der Waals surface area (Å²) in [4.78, 5) is 13.4. The Bertz CT molecular complexity index is 932. The maximum Gasteiger partial charge on any atom is 0.321 e. The molecule has 0 bridgehead atoms.